The number of piperidine rings is 1. The van der Waals surface area contributed by atoms with Crippen molar-refractivity contribution in [1.82, 2.24) is 4.90 Å². The summed E-state index contributed by atoms with van der Waals surface area (Å²) in [4.78, 5) is 25.1. The van der Waals surface area contributed by atoms with Crippen LogP contribution in [0.15, 0.2) is 24.3 Å². The third-order valence-corrected chi connectivity index (χ3v) is 4.22. The molecule has 1 aromatic rings. The van der Waals surface area contributed by atoms with Crippen LogP contribution < -0.4 is 4.74 Å². The van der Waals surface area contributed by atoms with Crippen molar-refractivity contribution in [3.05, 3.63) is 29.8 Å². The molecule has 3 rings (SSSR count). The van der Waals surface area contributed by atoms with Gasteiger partial charge in [-0.1, -0.05) is 18.2 Å². The van der Waals surface area contributed by atoms with E-state index >= 15 is 0 Å². The first-order valence-electron chi connectivity index (χ1n) is 6.22. The van der Waals surface area contributed by atoms with Crippen LogP contribution >= 0.6 is 0 Å². The number of rotatable bonds is 1. The molecule has 0 unspecified atom stereocenters. The zero-order valence-electron chi connectivity index (χ0n) is 10.8. The van der Waals surface area contributed by atoms with Crippen LogP contribution in [0.5, 0.6) is 5.75 Å². The average Bonchev–Trinajstić information content (AvgIpc) is 2.36. The molecule has 2 bridgehead atoms. The van der Waals surface area contributed by atoms with Crippen LogP contribution in [0, 0.1) is 5.92 Å². The minimum atomic E-state index is -1.07. The molecule has 1 aromatic carbocycles. The van der Waals surface area contributed by atoms with E-state index in [1.807, 2.05) is 31.2 Å². The van der Waals surface area contributed by atoms with Crippen molar-refractivity contribution < 1.29 is 19.4 Å². The summed E-state index contributed by atoms with van der Waals surface area (Å²) in [5.41, 5.74) is 0.0519. The average molecular weight is 261 g/mol. The summed E-state index contributed by atoms with van der Waals surface area (Å²) in [6.45, 7) is 1.83. The first kappa shape index (κ1) is 12.0. The topological polar surface area (TPSA) is 66.8 Å². The van der Waals surface area contributed by atoms with Crippen molar-refractivity contribution in [3.63, 3.8) is 0 Å². The summed E-state index contributed by atoms with van der Waals surface area (Å²) in [6, 6.07) is 7.35. The first-order valence-corrected chi connectivity index (χ1v) is 6.22. The normalized spacial score (nSPS) is 32.5. The molecule has 1 amide bonds. The van der Waals surface area contributed by atoms with E-state index in [1.54, 1.807) is 7.05 Å². The highest BCUT2D eigenvalue weighted by Crippen LogP contribution is 2.49. The third kappa shape index (κ3) is 1.54. The number of carboxylic acids is 1. The van der Waals surface area contributed by atoms with Crippen LogP contribution in [0.2, 0.25) is 0 Å². The van der Waals surface area contributed by atoms with Gasteiger partial charge in [0, 0.05) is 19.4 Å². The quantitative estimate of drug-likeness (QED) is 0.777. The molecule has 1 saturated heterocycles. The maximum Gasteiger partial charge on any atom is 0.316 e. The monoisotopic (exact) mass is 261 g/mol. The van der Waals surface area contributed by atoms with Crippen LogP contribution in [0.1, 0.15) is 24.8 Å². The molecule has 0 aromatic heterocycles. The molecule has 0 aliphatic carbocycles. The number of nitrogens with zero attached hydrogens (tertiary/aromatic N) is 1. The fraction of sp³-hybridized carbons (Fsp3) is 0.429. The van der Waals surface area contributed by atoms with Crippen LogP contribution in [0.4, 0.5) is 0 Å². The van der Waals surface area contributed by atoms with Gasteiger partial charge in [0.25, 0.3) is 0 Å². The van der Waals surface area contributed by atoms with Crippen LogP contribution in [-0.4, -0.2) is 34.7 Å². The van der Waals surface area contributed by atoms with Gasteiger partial charge in [0.15, 0.2) is 5.72 Å². The first-order chi connectivity index (χ1) is 8.94. The number of likely N-dealkylation sites (tertiary alicyclic amines) is 1. The number of para-hydroxylation sites is 1. The minimum Gasteiger partial charge on any atom is -0.481 e. The maximum atomic E-state index is 12.3. The number of hydrogen-bond acceptors (Lipinski definition) is 3. The predicted molar refractivity (Wildman–Crippen MR) is 66.7 cm³/mol. The molecule has 2 aliphatic rings. The molecule has 0 saturated carbocycles. The second-order valence-electron chi connectivity index (χ2n) is 5.34. The predicted octanol–water partition coefficient (Wildman–Crippen LogP) is 1.44. The lowest BCUT2D eigenvalue weighted by Crippen LogP contribution is -2.62. The molecule has 2 heterocycles. The lowest BCUT2D eigenvalue weighted by molar-refractivity contribution is -0.176. The summed E-state index contributed by atoms with van der Waals surface area (Å²) in [5.74, 6) is -2.13. The van der Waals surface area contributed by atoms with Gasteiger partial charge in [0.1, 0.15) is 11.7 Å². The molecule has 0 radical (unpaired) electrons. The summed E-state index contributed by atoms with van der Waals surface area (Å²) in [7, 11) is 1.60. The van der Waals surface area contributed by atoms with Crippen molar-refractivity contribution in [3.8, 4) is 5.75 Å². The lowest BCUT2D eigenvalue weighted by atomic mass is 9.74. The maximum absolute atomic E-state index is 12.3. The zero-order valence-corrected chi connectivity index (χ0v) is 10.8. The van der Waals surface area contributed by atoms with Gasteiger partial charge in [0.05, 0.1) is 0 Å². The van der Waals surface area contributed by atoms with Crippen molar-refractivity contribution >= 4 is 11.9 Å². The standard InChI is InChI=1S/C14H15NO4/c1-14-7-9(8-5-3-4-6-10(8)19-14)11(13(17)18)12(16)15(14)2/h3-6,9,11H,7H2,1-2H3,(H,17,18)/t9-,11-,14+/m0/s1. The Kier molecular flexibility index (Phi) is 2.36. The summed E-state index contributed by atoms with van der Waals surface area (Å²) in [6.07, 6.45) is 0.503. The van der Waals surface area contributed by atoms with E-state index in [4.69, 9.17) is 4.74 Å². The number of carbonyl (C=O) groups excluding carboxylic acids is 1. The van der Waals surface area contributed by atoms with E-state index < -0.39 is 17.6 Å². The molecule has 1 fully saturated rings. The van der Waals surface area contributed by atoms with Crippen LogP contribution in [0.25, 0.3) is 0 Å². The Morgan fingerprint density at radius 1 is 1.47 bits per heavy atom. The van der Waals surface area contributed by atoms with Gasteiger partial charge in [-0.2, -0.15) is 0 Å². The Labute approximate surface area is 110 Å². The number of carbonyl (C=O) groups is 2. The summed E-state index contributed by atoms with van der Waals surface area (Å²) < 4.78 is 5.91. The highest BCUT2D eigenvalue weighted by Gasteiger charge is 2.54. The van der Waals surface area contributed by atoms with E-state index in [2.05, 4.69) is 0 Å². The van der Waals surface area contributed by atoms with E-state index in [0.717, 1.165) is 5.56 Å². The van der Waals surface area contributed by atoms with Gasteiger partial charge in [-0.25, -0.2) is 0 Å². The molecular weight excluding hydrogens is 246 g/mol. The minimum absolute atomic E-state index is 0.323. The molecule has 5 nitrogen and oxygen atoms in total. The fourth-order valence-electron chi connectivity index (χ4n) is 3.07. The Hall–Kier alpha value is -2.04. The molecule has 0 spiro atoms. The molecule has 1 N–H and O–H groups in total. The Morgan fingerprint density at radius 2 is 2.16 bits per heavy atom. The number of fused-ring (bicyclic) bond motifs is 4. The second-order valence-corrected chi connectivity index (χ2v) is 5.34. The number of hydrogen-bond donors (Lipinski definition) is 1. The molecular formula is C14H15NO4. The molecule has 19 heavy (non-hydrogen) atoms. The van der Waals surface area contributed by atoms with Crippen LogP contribution in [-0.2, 0) is 9.59 Å². The van der Waals surface area contributed by atoms with E-state index in [1.165, 1.54) is 4.90 Å². The Morgan fingerprint density at radius 3 is 2.84 bits per heavy atom. The smallest absolute Gasteiger partial charge is 0.316 e. The van der Waals surface area contributed by atoms with Gasteiger partial charge >= 0.3 is 5.97 Å². The molecule has 5 heteroatoms. The van der Waals surface area contributed by atoms with E-state index in [9.17, 15) is 14.7 Å². The second kappa shape index (κ2) is 3.73. The van der Waals surface area contributed by atoms with Crippen molar-refractivity contribution in [2.75, 3.05) is 7.05 Å². The molecule has 2 aliphatic heterocycles. The van der Waals surface area contributed by atoms with E-state index in [0.29, 0.717) is 12.2 Å². The van der Waals surface area contributed by atoms with Crippen molar-refractivity contribution in [2.45, 2.75) is 25.0 Å². The van der Waals surface area contributed by atoms with Gasteiger partial charge in [0.2, 0.25) is 5.91 Å². The zero-order chi connectivity index (χ0) is 13.8. The largest absolute Gasteiger partial charge is 0.481 e. The SMILES string of the molecule is CN1C(=O)[C@@H](C(=O)O)[C@H]2C[C@@]1(C)Oc1ccccc12. The van der Waals surface area contributed by atoms with E-state index in [-0.39, 0.29) is 11.8 Å². The van der Waals surface area contributed by atoms with Gasteiger partial charge in [-0.05, 0) is 18.6 Å². The highest BCUT2D eigenvalue weighted by molar-refractivity contribution is 5.99. The highest BCUT2D eigenvalue weighted by atomic mass is 16.5. The fourth-order valence-corrected chi connectivity index (χ4v) is 3.07. The lowest BCUT2D eigenvalue weighted by Gasteiger charge is -2.51. The number of aliphatic carboxylic acids is 1. The van der Waals surface area contributed by atoms with Crippen molar-refractivity contribution in [2.24, 2.45) is 5.92 Å². The summed E-state index contributed by atoms with van der Waals surface area (Å²) >= 11 is 0. The number of ether oxygens (including phenoxy) is 1. The van der Waals surface area contributed by atoms with Gasteiger partial charge < -0.3 is 14.7 Å². The number of benzene rings is 1. The van der Waals surface area contributed by atoms with Gasteiger partial charge in [-0.3, -0.25) is 9.59 Å². The number of amides is 1. The summed E-state index contributed by atoms with van der Waals surface area (Å²) in [5, 5.41) is 9.36. The Bertz CT molecular complexity index is 570. The van der Waals surface area contributed by atoms with Crippen molar-refractivity contribution in [1.29, 1.82) is 0 Å². The van der Waals surface area contributed by atoms with Gasteiger partial charge in [-0.15, -0.1) is 0 Å². The Balaban J connectivity index is 2.17. The molecule has 100 valence electrons. The molecule has 3 atom stereocenters. The van der Waals surface area contributed by atoms with Crippen LogP contribution in [0.3, 0.4) is 0 Å². The third-order valence-electron chi connectivity index (χ3n) is 4.22. The number of carboxylic acid groups (broad SMARTS) is 1.